The predicted octanol–water partition coefficient (Wildman–Crippen LogP) is 5.80. The molecule has 0 aromatic heterocycles. The van der Waals surface area contributed by atoms with E-state index in [9.17, 15) is 26.3 Å². The summed E-state index contributed by atoms with van der Waals surface area (Å²) in [5, 5.41) is 9.00. The number of halogens is 7. The number of aliphatic hydroxyl groups excluding tert-OH is 1. The molecule has 0 aliphatic heterocycles. The van der Waals surface area contributed by atoms with Crippen LogP contribution in [0.3, 0.4) is 0 Å². The van der Waals surface area contributed by atoms with Gasteiger partial charge in [0.15, 0.2) is 0 Å². The molecule has 0 saturated carbocycles. The van der Waals surface area contributed by atoms with E-state index in [2.05, 4.69) is 15.9 Å². The third-order valence-corrected chi connectivity index (χ3v) is 3.49. The summed E-state index contributed by atoms with van der Waals surface area (Å²) < 4.78 is 72.3. The number of hydrogen-bond donors (Lipinski definition) is 1. The molecule has 0 amide bonds. The molecule has 8 heteroatoms. The molecule has 24 heavy (non-hydrogen) atoms. The Hall–Kier alpha value is -1.54. The molecule has 2 aromatic rings. The van der Waals surface area contributed by atoms with Gasteiger partial charge in [-0.15, -0.1) is 0 Å². The first-order valence-electron chi connectivity index (χ1n) is 6.57. The van der Waals surface area contributed by atoms with E-state index in [1.807, 2.05) is 0 Å². The summed E-state index contributed by atoms with van der Waals surface area (Å²) in [5.41, 5.74) is -0.428. The molecule has 0 bridgehead atoms. The van der Waals surface area contributed by atoms with Gasteiger partial charge in [-0.2, -0.15) is 26.3 Å². The number of alkyl halides is 7. The Bertz CT molecular complexity index is 594. The van der Waals surface area contributed by atoms with Crippen LogP contribution in [0.2, 0.25) is 0 Å². The second kappa shape index (κ2) is 8.53. The van der Waals surface area contributed by atoms with Gasteiger partial charge in [-0.25, -0.2) is 0 Å². The Labute approximate surface area is 143 Å². The van der Waals surface area contributed by atoms with Gasteiger partial charge in [-0.3, -0.25) is 0 Å². The fraction of sp³-hybridized carbons (Fsp3) is 0.250. The third-order valence-electron chi connectivity index (χ3n) is 2.85. The normalized spacial score (nSPS) is 11.7. The number of benzene rings is 2. The highest BCUT2D eigenvalue weighted by atomic mass is 79.9. The van der Waals surface area contributed by atoms with Gasteiger partial charge >= 0.3 is 12.4 Å². The largest absolute Gasteiger partial charge is 0.416 e. The smallest absolute Gasteiger partial charge is 0.392 e. The first-order chi connectivity index (χ1) is 11.1. The quantitative estimate of drug-likeness (QED) is 0.486. The highest BCUT2D eigenvalue weighted by Gasteiger charge is 2.30. The summed E-state index contributed by atoms with van der Waals surface area (Å²) in [6.07, 6.45) is -8.57. The van der Waals surface area contributed by atoms with Crippen molar-refractivity contribution in [2.75, 3.05) is 0 Å². The van der Waals surface area contributed by atoms with Gasteiger partial charge in [0.2, 0.25) is 0 Å². The van der Waals surface area contributed by atoms with E-state index in [-0.39, 0.29) is 12.2 Å². The van der Waals surface area contributed by atoms with Crippen LogP contribution in [-0.2, 0) is 24.3 Å². The third kappa shape index (κ3) is 6.52. The topological polar surface area (TPSA) is 20.2 Å². The Morgan fingerprint density at radius 2 is 1.17 bits per heavy atom. The Morgan fingerprint density at radius 1 is 0.750 bits per heavy atom. The molecule has 2 aromatic carbocycles. The Balaban J connectivity index is 0.000000240. The van der Waals surface area contributed by atoms with Crippen molar-refractivity contribution in [2.24, 2.45) is 0 Å². The van der Waals surface area contributed by atoms with E-state index in [4.69, 9.17) is 5.11 Å². The lowest BCUT2D eigenvalue weighted by molar-refractivity contribution is -0.138. The summed E-state index contributed by atoms with van der Waals surface area (Å²) in [6.45, 7) is -0.371. The highest BCUT2D eigenvalue weighted by molar-refractivity contribution is 9.08. The minimum Gasteiger partial charge on any atom is -0.392 e. The Morgan fingerprint density at radius 3 is 1.54 bits per heavy atom. The van der Waals surface area contributed by atoms with Crippen molar-refractivity contribution in [3.63, 3.8) is 0 Å². The van der Waals surface area contributed by atoms with Crippen molar-refractivity contribution in [2.45, 2.75) is 24.3 Å². The van der Waals surface area contributed by atoms with E-state index in [0.717, 1.165) is 24.3 Å². The lowest BCUT2D eigenvalue weighted by atomic mass is 10.1. The van der Waals surface area contributed by atoms with E-state index in [1.54, 1.807) is 6.07 Å². The molecule has 0 aliphatic rings. The van der Waals surface area contributed by atoms with Crippen LogP contribution in [0.25, 0.3) is 0 Å². The lowest BCUT2D eigenvalue weighted by Gasteiger charge is -2.06. The molecule has 0 heterocycles. The number of hydrogen-bond acceptors (Lipinski definition) is 1. The summed E-state index contributed by atoms with van der Waals surface area (Å²) >= 11 is 3.09. The zero-order chi connectivity index (χ0) is 18.4. The molecule has 1 nitrogen and oxygen atoms in total. The van der Waals surface area contributed by atoms with Crippen LogP contribution in [0.15, 0.2) is 48.5 Å². The van der Waals surface area contributed by atoms with Gasteiger partial charge < -0.3 is 5.11 Å². The second-order valence-corrected chi connectivity index (χ2v) is 5.25. The van der Waals surface area contributed by atoms with E-state index < -0.39 is 23.5 Å². The molecule has 0 fully saturated rings. The zero-order valence-electron chi connectivity index (χ0n) is 12.1. The molecule has 132 valence electrons. The van der Waals surface area contributed by atoms with Crippen LogP contribution < -0.4 is 0 Å². The number of aliphatic hydroxyl groups is 1. The van der Waals surface area contributed by atoms with Crippen molar-refractivity contribution in [1.29, 1.82) is 0 Å². The second-order valence-electron chi connectivity index (χ2n) is 4.69. The fourth-order valence-electron chi connectivity index (χ4n) is 1.68. The summed E-state index contributed by atoms with van der Waals surface area (Å²) in [5.74, 6) is 0. The van der Waals surface area contributed by atoms with Crippen LogP contribution >= 0.6 is 15.9 Å². The first-order valence-corrected chi connectivity index (χ1v) is 7.69. The Kier molecular flexibility index (Phi) is 7.28. The predicted molar refractivity (Wildman–Crippen MR) is 81.4 cm³/mol. The van der Waals surface area contributed by atoms with Crippen molar-refractivity contribution in [1.82, 2.24) is 0 Å². The van der Waals surface area contributed by atoms with Gasteiger partial charge in [-0.05, 0) is 29.3 Å². The maximum absolute atomic E-state index is 12.1. The highest BCUT2D eigenvalue weighted by Crippen LogP contribution is 2.30. The SMILES string of the molecule is FC(F)(F)c1cccc(CBr)c1.OCc1cccc(C(F)(F)F)c1. The van der Waals surface area contributed by atoms with E-state index >= 15 is 0 Å². The average Bonchev–Trinajstić information content (AvgIpc) is 2.54. The zero-order valence-corrected chi connectivity index (χ0v) is 13.7. The monoisotopic (exact) mass is 414 g/mol. The molecular formula is C16H13BrF6O. The molecule has 0 saturated heterocycles. The summed E-state index contributed by atoms with van der Waals surface area (Å²) in [6, 6.07) is 9.85. The van der Waals surface area contributed by atoms with Crippen LogP contribution in [0, 0.1) is 0 Å². The molecule has 0 spiro atoms. The van der Waals surface area contributed by atoms with Crippen molar-refractivity contribution < 1.29 is 31.4 Å². The van der Waals surface area contributed by atoms with Crippen LogP contribution in [0.1, 0.15) is 22.3 Å². The van der Waals surface area contributed by atoms with Crippen molar-refractivity contribution >= 4 is 15.9 Å². The molecule has 2 rings (SSSR count). The number of rotatable bonds is 2. The lowest BCUT2D eigenvalue weighted by Crippen LogP contribution is -2.05. The molecule has 0 atom stereocenters. The fourth-order valence-corrected chi connectivity index (χ4v) is 2.03. The van der Waals surface area contributed by atoms with Gasteiger partial charge in [0.05, 0.1) is 17.7 Å². The van der Waals surface area contributed by atoms with Gasteiger partial charge in [-0.1, -0.05) is 46.3 Å². The molecule has 0 aliphatic carbocycles. The molecule has 0 unspecified atom stereocenters. The minimum absolute atomic E-state index is 0.268. The average molecular weight is 415 g/mol. The van der Waals surface area contributed by atoms with Crippen molar-refractivity contribution in [3.05, 3.63) is 70.8 Å². The molecule has 0 radical (unpaired) electrons. The van der Waals surface area contributed by atoms with Gasteiger partial charge in [0, 0.05) is 5.33 Å². The van der Waals surface area contributed by atoms with Crippen LogP contribution in [-0.4, -0.2) is 5.11 Å². The standard InChI is InChI=1S/C8H6BrF3.C8H7F3O/c9-5-6-2-1-3-7(4-6)8(10,11)12;9-8(10,11)7-3-1-2-6(4-7)5-12/h1-4H,5H2;1-4,12H,5H2. The van der Waals surface area contributed by atoms with E-state index in [1.165, 1.54) is 18.2 Å². The summed E-state index contributed by atoms with van der Waals surface area (Å²) in [4.78, 5) is 0. The summed E-state index contributed by atoms with van der Waals surface area (Å²) in [7, 11) is 0. The minimum atomic E-state index is -4.33. The van der Waals surface area contributed by atoms with E-state index in [0.29, 0.717) is 10.9 Å². The maximum Gasteiger partial charge on any atom is 0.416 e. The van der Waals surface area contributed by atoms with Crippen LogP contribution in [0.5, 0.6) is 0 Å². The first kappa shape index (κ1) is 20.5. The molecule has 1 N–H and O–H groups in total. The van der Waals surface area contributed by atoms with Gasteiger partial charge in [0.25, 0.3) is 0 Å². The van der Waals surface area contributed by atoms with Crippen molar-refractivity contribution in [3.8, 4) is 0 Å². The van der Waals surface area contributed by atoms with Crippen LogP contribution in [0.4, 0.5) is 26.3 Å². The molecular weight excluding hydrogens is 402 g/mol. The maximum atomic E-state index is 12.1. The van der Waals surface area contributed by atoms with Gasteiger partial charge in [0.1, 0.15) is 0 Å².